The monoisotopic (exact) mass is 317 g/mol. The van der Waals surface area contributed by atoms with Crippen LogP contribution in [-0.4, -0.2) is 10.8 Å². The number of aromatic nitrogens is 1. The first-order chi connectivity index (χ1) is 9.15. The van der Waals surface area contributed by atoms with E-state index in [1.54, 1.807) is 24.4 Å². The fraction of sp³-hybridized carbons (Fsp3) is 0. The molecule has 3 aromatic rings. The number of fused-ring (bicyclic) bond motifs is 1. The van der Waals surface area contributed by atoms with E-state index in [1.807, 2.05) is 12.1 Å². The van der Waals surface area contributed by atoms with Crippen molar-refractivity contribution >= 4 is 32.6 Å². The van der Waals surface area contributed by atoms with Crippen LogP contribution in [0.4, 0.5) is 4.39 Å². The summed E-state index contributed by atoms with van der Waals surface area (Å²) in [4.78, 5) is 15.3. The number of hydrogen-bond donors (Lipinski definition) is 1. The predicted molar refractivity (Wildman–Crippen MR) is 75.8 cm³/mol. The number of ketones is 1. The molecule has 0 bridgehead atoms. The van der Waals surface area contributed by atoms with Crippen molar-refractivity contribution in [3.63, 3.8) is 0 Å². The van der Waals surface area contributed by atoms with Crippen molar-refractivity contribution in [3.8, 4) is 0 Å². The van der Waals surface area contributed by atoms with Crippen molar-refractivity contribution < 1.29 is 9.18 Å². The summed E-state index contributed by atoms with van der Waals surface area (Å²) in [7, 11) is 0. The zero-order chi connectivity index (χ0) is 13.4. The second kappa shape index (κ2) is 4.63. The molecule has 1 heterocycles. The van der Waals surface area contributed by atoms with Crippen molar-refractivity contribution in [2.75, 3.05) is 0 Å². The second-order valence-electron chi connectivity index (χ2n) is 4.23. The lowest BCUT2D eigenvalue weighted by Gasteiger charge is -2.00. The third-order valence-corrected chi connectivity index (χ3v) is 3.47. The molecule has 2 nitrogen and oxygen atoms in total. The molecule has 3 rings (SSSR count). The molecule has 1 N–H and O–H groups in total. The minimum absolute atomic E-state index is 0.0841. The maximum absolute atomic E-state index is 13.1. The van der Waals surface area contributed by atoms with Crippen LogP contribution in [-0.2, 0) is 0 Å². The van der Waals surface area contributed by atoms with Gasteiger partial charge in [0.05, 0.1) is 0 Å². The molecule has 2 aromatic carbocycles. The van der Waals surface area contributed by atoms with Gasteiger partial charge >= 0.3 is 0 Å². The number of aromatic amines is 1. The van der Waals surface area contributed by atoms with E-state index in [2.05, 4.69) is 20.9 Å². The van der Waals surface area contributed by atoms with Crippen LogP contribution in [0.2, 0.25) is 0 Å². The standard InChI is InChI=1S/C15H9BrFNO/c16-10-3-1-2-9(6-10)15(19)13-8-18-14-7-11(17)4-5-12(13)14/h1-8,18H. The van der Waals surface area contributed by atoms with Crippen molar-refractivity contribution in [3.05, 3.63) is 70.1 Å². The Hall–Kier alpha value is -1.94. The minimum atomic E-state index is -0.323. The smallest absolute Gasteiger partial charge is 0.195 e. The Morgan fingerprint density at radius 3 is 2.79 bits per heavy atom. The topological polar surface area (TPSA) is 32.9 Å². The van der Waals surface area contributed by atoms with E-state index in [9.17, 15) is 9.18 Å². The Bertz CT molecular complexity index is 779. The highest BCUT2D eigenvalue weighted by Gasteiger charge is 2.14. The quantitative estimate of drug-likeness (QED) is 0.702. The molecule has 1 aromatic heterocycles. The highest BCUT2D eigenvalue weighted by atomic mass is 79.9. The largest absolute Gasteiger partial charge is 0.360 e. The van der Waals surface area contributed by atoms with Gasteiger partial charge in [-0.3, -0.25) is 4.79 Å². The zero-order valence-electron chi connectivity index (χ0n) is 9.78. The molecule has 94 valence electrons. The summed E-state index contributed by atoms with van der Waals surface area (Å²) in [5.41, 5.74) is 1.77. The lowest BCUT2D eigenvalue weighted by molar-refractivity contribution is 0.104. The molecule has 0 saturated carbocycles. The Morgan fingerprint density at radius 1 is 1.16 bits per heavy atom. The Balaban J connectivity index is 2.12. The first-order valence-corrected chi connectivity index (χ1v) is 6.51. The third-order valence-electron chi connectivity index (χ3n) is 2.98. The predicted octanol–water partition coefficient (Wildman–Crippen LogP) is 4.30. The molecule has 0 fully saturated rings. The van der Waals surface area contributed by atoms with Crippen molar-refractivity contribution in [2.24, 2.45) is 0 Å². The number of benzene rings is 2. The van der Waals surface area contributed by atoms with Gasteiger partial charge in [-0.15, -0.1) is 0 Å². The number of carbonyl (C=O) groups excluding carboxylic acids is 1. The van der Waals surface area contributed by atoms with Crippen LogP contribution in [0.1, 0.15) is 15.9 Å². The van der Waals surface area contributed by atoms with Crippen molar-refractivity contribution in [1.82, 2.24) is 4.98 Å². The highest BCUT2D eigenvalue weighted by Crippen LogP contribution is 2.23. The van der Waals surface area contributed by atoms with Gasteiger partial charge < -0.3 is 4.98 Å². The molecule has 0 aliphatic rings. The van der Waals surface area contributed by atoms with Crippen LogP contribution in [0.15, 0.2) is 53.1 Å². The van der Waals surface area contributed by atoms with E-state index < -0.39 is 0 Å². The maximum Gasteiger partial charge on any atom is 0.195 e. The van der Waals surface area contributed by atoms with E-state index in [1.165, 1.54) is 12.1 Å². The molecule has 0 amide bonds. The van der Waals surface area contributed by atoms with Gasteiger partial charge in [0.2, 0.25) is 0 Å². The van der Waals surface area contributed by atoms with Crippen molar-refractivity contribution in [2.45, 2.75) is 0 Å². The summed E-state index contributed by atoms with van der Waals surface area (Å²) < 4.78 is 14.0. The second-order valence-corrected chi connectivity index (χ2v) is 5.15. The van der Waals surface area contributed by atoms with Gasteiger partial charge in [0, 0.05) is 32.7 Å². The van der Waals surface area contributed by atoms with E-state index in [4.69, 9.17) is 0 Å². The average Bonchev–Trinajstić information content (AvgIpc) is 2.80. The normalized spacial score (nSPS) is 10.8. The number of halogens is 2. The SMILES string of the molecule is O=C(c1cccc(Br)c1)c1c[nH]c2cc(F)ccc12. The van der Waals surface area contributed by atoms with E-state index in [-0.39, 0.29) is 11.6 Å². The number of nitrogens with one attached hydrogen (secondary N) is 1. The maximum atomic E-state index is 13.1. The average molecular weight is 318 g/mol. The van der Waals surface area contributed by atoms with Gasteiger partial charge in [0.1, 0.15) is 5.82 Å². The lowest BCUT2D eigenvalue weighted by Crippen LogP contribution is -1.99. The van der Waals surface area contributed by atoms with Crippen LogP contribution < -0.4 is 0 Å². The minimum Gasteiger partial charge on any atom is -0.360 e. The number of hydrogen-bond acceptors (Lipinski definition) is 1. The molecule has 0 aliphatic carbocycles. The van der Waals surface area contributed by atoms with Gasteiger partial charge in [0.25, 0.3) is 0 Å². The zero-order valence-corrected chi connectivity index (χ0v) is 11.4. The lowest BCUT2D eigenvalue weighted by atomic mass is 10.0. The van der Waals surface area contributed by atoms with Gasteiger partial charge in [0.15, 0.2) is 5.78 Å². The molecule has 0 radical (unpaired) electrons. The van der Waals surface area contributed by atoms with Crippen LogP contribution in [0.5, 0.6) is 0 Å². The number of H-pyrrole nitrogens is 1. The van der Waals surface area contributed by atoms with Gasteiger partial charge in [-0.1, -0.05) is 28.1 Å². The van der Waals surface area contributed by atoms with E-state index in [0.29, 0.717) is 16.6 Å². The molecule has 4 heteroatoms. The van der Waals surface area contributed by atoms with E-state index >= 15 is 0 Å². The fourth-order valence-electron chi connectivity index (χ4n) is 2.07. The molecular weight excluding hydrogens is 309 g/mol. The van der Waals surface area contributed by atoms with Gasteiger partial charge in [-0.2, -0.15) is 0 Å². The summed E-state index contributed by atoms with van der Waals surface area (Å²) in [6.07, 6.45) is 1.62. The molecular formula is C15H9BrFNO. The molecule has 0 aliphatic heterocycles. The van der Waals surface area contributed by atoms with Crippen molar-refractivity contribution in [1.29, 1.82) is 0 Å². The Labute approximate surface area is 117 Å². The molecule has 0 saturated heterocycles. The molecule has 0 spiro atoms. The molecule has 0 atom stereocenters. The van der Waals surface area contributed by atoms with Crippen LogP contribution in [0, 0.1) is 5.82 Å². The summed E-state index contributed by atoms with van der Waals surface area (Å²) in [5.74, 6) is -0.407. The van der Waals surface area contributed by atoms with Gasteiger partial charge in [-0.25, -0.2) is 4.39 Å². The number of carbonyl (C=O) groups is 1. The number of rotatable bonds is 2. The van der Waals surface area contributed by atoms with Crippen LogP contribution in [0.25, 0.3) is 10.9 Å². The first kappa shape index (κ1) is 12.1. The Morgan fingerprint density at radius 2 is 2.00 bits per heavy atom. The summed E-state index contributed by atoms with van der Waals surface area (Å²) in [6, 6.07) is 11.6. The summed E-state index contributed by atoms with van der Waals surface area (Å²) >= 11 is 3.34. The van der Waals surface area contributed by atoms with Crippen LogP contribution >= 0.6 is 15.9 Å². The van der Waals surface area contributed by atoms with Crippen LogP contribution in [0.3, 0.4) is 0 Å². The summed E-state index contributed by atoms with van der Waals surface area (Å²) in [6.45, 7) is 0. The first-order valence-electron chi connectivity index (χ1n) is 5.72. The summed E-state index contributed by atoms with van der Waals surface area (Å²) in [5, 5.41) is 0.728. The third kappa shape index (κ3) is 2.19. The Kier molecular flexibility index (Phi) is 2.95. The molecule has 0 unspecified atom stereocenters. The molecule has 19 heavy (non-hydrogen) atoms. The van der Waals surface area contributed by atoms with Gasteiger partial charge in [-0.05, 0) is 30.3 Å². The van der Waals surface area contributed by atoms with E-state index in [0.717, 1.165) is 9.86 Å². The fourth-order valence-corrected chi connectivity index (χ4v) is 2.47. The highest BCUT2D eigenvalue weighted by molar-refractivity contribution is 9.10.